The van der Waals surface area contributed by atoms with E-state index in [4.69, 9.17) is 0 Å². The van der Waals surface area contributed by atoms with Crippen molar-refractivity contribution in [3.8, 4) is 22.6 Å². The molecule has 0 bridgehead atoms. The lowest BCUT2D eigenvalue weighted by Crippen LogP contribution is -2.14. The maximum Gasteiger partial charge on any atom is 0.236 e. The standard InChI is InChI=1S/C22H20FN5OS2/c1-3-28-20(16-11-7-8-12-17(16)23)26-27-22(28)30-13-18(29)24-21-25-19(14(2)31-21)15-9-5-4-6-10-15/h4-12H,3,13H2,1-2H3,(H,24,25,29). The van der Waals surface area contributed by atoms with E-state index < -0.39 is 0 Å². The number of nitrogens with zero attached hydrogens (tertiary/aromatic N) is 4. The monoisotopic (exact) mass is 453 g/mol. The van der Waals surface area contributed by atoms with Gasteiger partial charge in [-0.2, -0.15) is 0 Å². The Morgan fingerprint density at radius 1 is 1.13 bits per heavy atom. The predicted octanol–water partition coefficient (Wildman–Crippen LogP) is 5.27. The second-order valence-corrected chi connectivity index (χ2v) is 8.80. The number of thiazole rings is 1. The molecule has 0 spiro atoms. The Hall–Kier alpha value is -3.04. The summed E-state index contributed by atoms with van der Waals surface area (Å²) >= 11 is 2.70. The van der Waals surface area contributed by atoms with E-state index in [-0.39, 0.29) is 17.5 Å². The zero-order valence-electron chi connectivity index (χ0n) is 17.0. The lowest BCUT2D eigenvalue weighted by molar-refractivity contribution is -0.113. The highest BCUT2D eigenvalue weighted by molar-refractivity contribution is 7.99. The average Bonchev–Trinajstić information content (AvgIpc) is 3.35. The molecule has 158 valence electrons. The zero-order valence-corrected chi connectivity index (χ0v) is 18.6. The minimum Gasteiger partial charge on any atom is -0.302 e. The predicted molar refractivity (Wildman–Crippen MR) is 123 cm³/mol. The van der Waals surface area contributed by atoms with Crippen molar-refractivity contribution in [2.75, 3.05) is 11.1 Å². The molecule has 0 unspecified atom stereocenters. The second kappa shape index (κ2) is 9.40. The maximum absolute atomic E-state index is 14.2. The molecule has 6 nitrogen and oxygen atoms in total. The van der Waals surface area contributed by atoms with Crippen LogP contribution >= 0.6 is 23.1 Å². The zero-order chi connectivity index (χ0) is 21.8. The number of anilines is 1. The van der Waals surface area contributed by atoms with Gasteiger partial charge in [0.2, 0.25) is 5.91 Å². The summed E-state index contributed by atoms with van der Waals surface area (Å²) in [4.78, 5) is 18.1. The SMILES string of the molecule is CCn1c(SCC(=O)Nc2nc(-c3ccccc3)c(C)s2)nnc1-c1ccccc1F. The molecule has 0 aliphatic heterocycles. The fraction of sp³-hybridized carbons (Fsp3) is 0.182. The Balaban J connectivity index is 1.44. The van der Waals surface area contributed by atoms with Crippen molar-refractivity contribution in [1.82, 2.24) is 19.7 Å². The molecular weight excluding hydrogens is 433 g/mol. The summed E-state index contributed by atoms with van der Waals surface area (Å²) in [6, 6.07) is 16.3. The normalized spacial score (nSPS) is 10.9. The Kier molecular flexibility index (Phi) is 6.43. The molecule has 2 heterocycles. The van der Waals surface area contributed by atoms with Crippen LogP contribution in [0, 0.1) is 12.7 Å². The molecule has 2 aromatic carbocycles. The van der Waals surface area contributed by atoms with Crippen LogP contribution in [-0.2, 0) is 11.3 Å². The lowest BCUT2D eigenvalue weighted by Gasteiger charge is -2.07. The molecule has 31 heavy (non-hydrogen) atoms. The van der Waals surface area contributed by atoms with Crippen molar-refractivity contribution in [3.63, 3.8) is 0 Å². The molecule has 0 saturated carbocycles. The smallest absolute Gasteiger partial charge is 0.236 e. The van der Waals surface area contributed by atoms with E-state index in [0.717, 1.165) is 16.1 Å². The Morgan fingerprint density at radius 2 is 1.87 bits per heavy atom. The van der Waals surface area contributed by atoms with E-state index in [2.05, 4.69) is 20.5 Å². The molecular formula is C22H20FN5OS2. The average molecular weight is 454 g/mol. The van der Waals surface area contributed by atoms with Crippen molar-refractivity contribution in [1.29, 1.82) is 0 Å². The van der Waals surface area contributed by atoms with Crippen LogP contribution in [0.3, 0.4) is 0 Å². The first kappa shape index (κ1) is 21.2. The summed E-state index contributed by atoms with van der Waals surface area (Å²) in [7, 11) is 0. The summed E-state index contributed by atoms with van der Waals surface area (Å²) in [6.45, 7) is 4.48. The first-order valence-corrected chi connectivity index (χ1v) is 11.5. The topological polar surface area (TPSA) is 72.7 Å². The van der Waals surface area contributed by atoms with Gasteiger partial charge in [0.1, 0.15) is 5.82 Å². The Morgan fingerprint density at radius 3 is 2.61 bits per heavy atom. The molecule has 9 heteroatoms. The molecule has 4 rings (SSSR count). The number of carbonyl (C=O) groups is 1. The van der Waals surface area contributed by atoms with Crippen molar-refractivity contribution in [3.05, 3.63) is 65.3 Å². The number of aryl methyl sites for hydroxylation is 1. The highest BCUT2D eigenvalue weighted by Crippen LogP contribution is 2.30. The van der Waals surface area contributed by atoms with E-state index in [9.17, 15) is 9.18 Å². The van der Waals surface area contributed by atoms with Crippen LogP contribution < -0.4 is 5.32 Å². The third kappa shape index (κ3) is 4.67. The van der Waals surface area contributed by atoms with Crippen LogP contribution in [0.25, 0.3) is 22.6 Å². The molecule has 1 amide bonds. The van der Waals surface area contributed by atoms with Crippen LogP contribution in [0.15, 0.2) is 59.8 Å². The molecule has 4 aromatic rings. The number of hydrogen-bond acceptors (Lipinski definition) is 6. The number of hydrogen-bond donors (Lipinski definition) is 1. The van der Waals surface area contributed by atoms with Crippen LogP contribution in [0.4, 0.5) is 9.52 Å². The Bertz CT molecular complexity index is 1210. The van der Waals surface area contributed by atoms with Crippen LogP contribution in [-0.4, -0.2) is 31.4 Å². The van der Waals surface area contributed by atoms with Gasteiger partial charge in [-0.05, 0) is 26.0 Å². The van der Waals surface area contributed by atoms with Gasteiger partial charge in [0.05, 0.1) is 17.0 Å². The van der Waals surface area contributed by atoms with Gasteiger partial charge < -0.3 is 9.88 Å². The molecule has 0 aliphatic carbocycles. The number of aromatic nitrogens is 4. The summed E-state index contributed by atoms with van der Waals surface area (Å²) in [5.74, 6) is 0.0598. The summed E-state index contributed by atoms with van der Waals surface area (Å²) in [5, 5.41) is 12.3. The van der Waals surface area contributed by atoms with E-state index in [1.54, 1.807) is 22.8 Å². The molecule has 0 radical (unpaired) electrons. The largest absolute Gasteiger partial charge is 0.302 e. The molecule has 1 N–H and O–H groups in total. The number of carbonyl (C=O) groups excluding carboxylic acids is 1. The molecule has 2 aromatic heterocycles. The third-order valence-corrected chi connectivity index (χ3v) is 6.42. The summed E-state index contributed by atoms with van der Waals surface area (Å²) in [5.41, 5.74) is 2.27. The fourth-order valence-corrected chi connectivity index (χ4v) is 4.78. The van der Waals surface area contributed by atoms with Gasteiger partial charge >= 0.3 is 0 Å². The van der Waals surface area contributed by atoms with Crippen LogP contribution in [0.2, 0.25) is 0 Å². The van der Waals surface area contributed by atoms with Gasteiger partial charge in [-0.15, -0.1) is 21.5 Å². The first-order valence-electron chi connectivity index (χ1n) is 9.70. The molecule has 0 aliphatic rings. The number of rotatable bonds is 7. The van der Waals surface area contributed by atoms with Crippen molar-refractivity contribution in [2.24, 2.45) is 0 Å². The highest BCUT2D eigenvalue weighted by atomic mass is 32.2. The van der Waals surface area contributed by atoms with Crippen molar-refractivity contribution in [2.45, 2.75) is 25.5 Å². The minimum atomic E-state index is -0.354. The maximum atomic E-state index is 14.2. The fourth-order valence-electron chi connectivity index (χ4n) is 3.12. The van der Waals surface area contributed by atoms with E-state index >= 15 is 0 Å². The molecule has 0 fully saturated rings. The lowest BCUT2D eigenvalue weighted by atomic mass is 10.1. The van der Waals surface area contributed by atoms with Crippen LogP contribution in [0.5, 0.6) is 0 Å². The summed E-state index contributed by atoms with van der Waals surface area (Å²) < 4.78 is 16.0. The van der Waals surface area contributed by atoms with Gasteiger partial charge in [0, 0.05) is 17.0 Å². The number of benzene rings is 2. The van der Waals surface area contributed by atoms with Crippen molar-refractivity contribution >= 4 is 34.1 Å². The second-order valence-electron chi connectivity index (χ2n) is 6.66. The quantitative estimate of drug-likeness (QED) is 0.386. The Labute approximate surface area is 187 Å². The van der Waals surface area contributed by atoms with Gasteiger partial charge in [-0.3, -0.25) is 4.79 Å². The number of halogens is 1. The number of amides is 1. The van der Waals surface area contributed by atoms with Gasteiger partial charge in [-0.25, -0.2) is 9.37 Å². The van der Waals surface area contributed by atoms with Gasteiger partial charge in [0.25, 0.3) is 0 Å². The van der Waals surface area contributed by atoms with Crippen LogP contribution in [0.1, 0.15) is 11.8 Å². The van der Waals surface area contributed by atoms with Gasteiger partial charge in [-0.1, -0.05) is 54.2 Å². The minimum absolute atomic E-state index is 0.148. The molecule has 0 atom stereocenters. The van der Waals surface area contributed by atoms with E-state index in [1.807, 2.05) is 44.2 Å². The third-order valence-electron chi connectivity index (χ3n) is 4.57. The van der Waals surface area contributed by atoms with E-state index in [0.29, 0.717) is 28.2 Å². The van der Waals surface area contributed by atoms with Gasteiger partial charge in [0.15, 0.2) is 16.1 Å². The number of thioether (sulfide) groups is 1. The number of nitrogens with one attached hydrogen (secondary N) is 1. The van der Waals surface area contributed by atoms with Crippen molar-refractivity contribution < 1.29 is 9.18 Å². The molecule has 0 saturated heterocycles. The first-order chi connectivity index (χ1) is 15.1. The van der Waals surface area contributed by atoms with E-state index in [1.165, 1.54) is 29.2 Å². The highest BCUT2D eigenvalue weighted by Gasteiger charge is 2.18. The summed E-state index contributed by atoms with van der Waals surface area (Å²) in [6.07, 6.45) is 0.